The number of alkyl halides is 4. The fourth-order valence-corrected chi connectivity index (χ4v) is 5.08. The van der Waals surface area contributed by atoms with Gasteiger partial charge in [-0.25, -0.2) is 19.2 Å². The second-order valence-corrected chi connectivity index (χ2v) is 9.99. The van der Waals surface area contributed by atoms with Crippen molar-refractivity contribution in [1.29, 1.82) is 0 Å². The molecule has 2 unspecified atom stereocenters. The number of hydrogen-bond acceptors (Lipinski definition) is 5. The molecule has 1 aliphatic carbocycles. The third kappa shape index (κ3) is 5.40. The first-order valence-electron chi connectivity index (χ1n) is 11.5. The minimum Gasteiger partial charge on any atom is -0.439 e. The predicted octanol–water partition coefficient (Wildman–Crippen LogP) is 6.75. The number of anilines is 1. The van der Waals surface area contributed by atoms with Crippen LogP contribution < -0.4 is 10.1 Å². The lowest BCUT2D eigenvalue weighted by Gasteiger charge is -2.13. The number of carbonyl (C=O) groups is 2. The van der Waals surface area contributed by atoms with Gasteiger partial charge in [-0.15, -0.1) is 0 Å². The number of halogens is 5. The number of benzene rings is 2. The molecule has 0 aliphatic heterocycles. The van der Waals surface area contributed by atoms with Gasteiger partial charge in [0.2, 0.25) is 5.88 Å². The number of carbonyl (C=O) groups excluding carboxylic acids is 2. The summed E-state index contributed by atoms with van der Waals surface area (Å²) in [6.45, 7) is 0. The van der Waals surface area contributed by atoms with Crippen LogP contribution in [0.15, 0.2) is 61.1 Å². The lowest BCUT2D eigenvalue weighted by Crippen LogP contribution is -2.19. The van der Waals surface area contributed by atoms with E-state index in [-0.39, 0.29) is 22.2 Å². The molecule has 7 nitrogen and oxygen atoms in total. The summed E-state index contributed by atoms with van der Waals surface area (Å²) in [6, 6.07) is 9.74. The molecule has 1 aliphatic rings. The number of rotatable bonds is 5. The number of ether oxygens (including phenoxy) is 1. The average Bonchev–Trinajstić information content (AvgIpc) is 3.43. The first-order valence-corrected chi connectivity index (χ1v) is 12.4. The van der Waals surface area contributed by atoms with Crippen molar-refractivity contribution < 1.29 is 31.9 Å². The second-order valence-electron chi connectivity index (χ2n) is 8.81. The van der Waals surface area contributed by atoms with Crippen molar-refractivity contribution >= 4 is 44.3 Å². The molecule has 1 amide bonds. The highest BCUT2D eigenvalue weighted by Gasteiger charge is 2.35. The van der Waals surface area contributed by atoms with E-state index in [1.54, 1.807) is 30.3 Å². The highest BCUT2D eigenvalue weighted by molar-refractivity contribution is 9.09. The van der Waals surface area contributed by atoms with Crippen LogP contribution in [0.3, 0.4) is 0 Å². The Balaban J connectivity index is 1.31. The Kier molecular flexibility index (Phi) is 6.91. The number of Topliss-reactive ketones (excluding diaryl/α,β-unsaturated/α-hetero) is 1. The monoisotopic (exact) mass is 590 g/mol. The summed E-state index contributed by atoms with van der Waals surface area (Å²) in [6.07, 6.45) is -0.249. The Morgan fingerprint density at radius 2 is 1.95 bits per heavy atom. The topological polar surface area (TPSA) is 86.1 Å². The first kappa shape index (κ1) is 25.8. The van der Waals surface area contributed by atoms with E-state index in [1.807, 2.05) is 0 Å². The van der Waals surface area contributed by atoms with Crippen LogP contribution in [0.4, 0.5) is 28.0 Å². The average molecular weight is 591 g/mol. The standard InChI is InChI=1S/C26H19BrF4N4O3/c27-20-3-6-23(36)18(20)10-16-12-24(33-13-32-16)38-17-2-5-22-14(9-17)7-8-35(22)25(37)34-15-1-4-21(28)19(11-15)26(29,30)31/h1-2,4-5,7-9,11-13,18,20H,3,6,10H2,(H,34,37). The van der Waals surface area contributed by atoms with Crippen LogP contribution in [-0.2, 0) is 17.4 Å². The Bertz CT molecular complexity index is 1540. The van der Waals surface area contributed by atoms with Gasteiger partial charge >= 0.3 is 12.2 Å². The largest absolute Gasteiger partial charge is 0.439 e. The maximum Gasteiger partial charge on any atom is 0.419 e. The van der Waals surface area contributed by atoms with Crippen molar-refractivity contribution in [3.8, 4) is 11.6 Å². The quantitative estimate of drug-likeness (QED) is 0.205. The minimum absolute atomic E-state index is 0.118. The molecule has 0 spiro atoms. The molecule has 2 aromatic carbocycles. The van der Waals surface area contributed by atoms with E-state index in [4.69, 9.17) is 4.74 Å². The Hall–Kier alpha value is -3.80. The number of aromatic nitrogens is 3. The van der Waals surface area contributed by atoms with Gasteiger partial charge in [-0.05, 0) is 48.9 Å². The summed E-state index contributed by atoms with van der Waals surface area (Å²) in [7, 11) is 0. The molecule has 2 heterocycles. The van der Waals surface area contributed by atoms with Gasteiger partial charge in [-0.2, -0.15) is 13.2 Å². The summed E-state index contributed by atoms with van der Waals surface area (Å²) in [5, 5.41) is 2.98. The number of nitrogens with one attached hydrogen (secondary N) is 1. The Morgan fingerprint density at radius 3 is 2.68 bits per heavy atom. The maximum atomic E-state index is 13.5. The van der Waals surface area contributed by atoms with Crippen LogP contribution in [-0.4, -0.2) is 31.2 Å². The molecule has 12 heteroatoms. The molecule has 2 aromatic heterocycles. The van der Waals surface area contributed by atoms with Gasteiger partial charge in [-0.1, -0.05) is 15.9 Å². The zero-order valence-electron chi connectivity index (χ0n) is 19.5. The smallest absolute Gasteiger partial charge is 0.419 e. The van der Waals surface area contributed by atoms with E-state index in [1.165, 1.54) is 17.1 Å². The molecule has 4 aromatic rings. The van der Waals surface area contributed by atoms with Crippen molar-refractivity contribution in [2.75, 3.05) is 5.32 Å². The third-order valence-electron chi connectivity index (χ3n) is 6.27. The molecule has 196 valence electrons. The summed E-state index contributed by atoms with van der Waals surface area (Å²) in [5.74, 6) is -0.643. The normalized spacial score (nSPS) is 17.7. The van der Waals surface area contributed by atoms with Crippen LogP contribution >= 0.6 is 15.9 Å². The predicted molar refractivity (Wildman–Crippen MR) is 134 cm³/mol. The van der Waals surface area contributed by atoms with Crippen LogP contribution in [0.1, 0.15) is 24.1 Å². The third-order valence-corrected chi connectivity index (χ3v) is 7.37. The number of amides is 1. The molecule has 1 fully saturated rings. The number of hydrogen-bond donors (Lipinski definition) is 1. The highest BCUT2D eigenvalue weighted by Crippen LogP contribution is 2.34. The van der Waals surface area contributed by atoms with E-state index in [9.17, 15) is 27.2 Å². The van der Waals surface area contributed by atoms with Gasteiger partial charge < -0.3 is 10.1 Å². The molecule has 0 bridgehead atoms. The van der Waals surface area contributed by atoms with Crippen LogP contribution in [0.5, 0.6) is 11.6 Å². The van der Waals surface area contributed by atoms with Gasteiger partial charge in [0, 0.05) is 52.6 Å². The van der Waals surface area contributed by atoms with Gasteiger partial charge in [0.05, 0.1) is 11.1 Å². The minimum atomic E-state index is -4.89. The van der Waals surface area contributed by atoms with E-state index < -0.39 is 23.6 Å². The molecule has 38 heavy (non-hydrogen) atoms. The van der Waals surface area contributed by atoms with Gasteiger partial charge in [0.25, 0.3) is 0 Å². The first-order chi connectivity index (χ1) is 18.1. The summed E-state index contributed by atoms with van der Waals surface area (Å²) >= 11 is 3.56. The molecule has 0 saturated heterocycles. The highest BCUT2D eigenvalue weighted by atomic mass is 79.9. The van der Waals surface area contributed by atoms with Crippen molar-refractivity contribution in [1.82, 2.24) is 14.5 Å². The van der Waals surface area contributed by atoms with E-state index in [2.05, 4.69) is 31.2 Å². The molecular formula is C26H19BrF4N4O3. The Morgan fingerprint density at radius 1 is 1.13 bits per heavy atom. The SMILES string of the molecule is O=C1CCC(Br)C1Cc1cc(Oc2ccc3c(ccn3C(=O)Nc3ccc(F)c(C(F)(F)F)c3)c2)ncn1. The Labute approximate surface area is 222 Å². The van der Waals surface area contributed by atoms with E-state index >= 15 is 0 Å². The lowest BCUT2D eigenvalue weighted by atomic mass is 10.0. The van der Waals surface area contributed by atoms with Crippen LogP contribution in [0, 0.1) is 11.7 Å². The molecule has 5 rings (SSSR count). The van der Waals surface area contributed by atoms with Crippen molar-refractivity contribution in [2.24, 2.45) is 5.92 Å². The molecule has 1 saturated carbocycles. The fourth-order valence-electron chi connectivity index (χ4n) is 4.37. The molecule has 1 N–H and O–H groups in total. The van der Waals surface area contributed by atoms with Gasteiger partial charge in [0.15, 0.2) is 0 Å². The van der Waals surface area contributed by atoms with Crippen LogP contribution in [0.2, 0.25) is 0 Å². The molecule has 2 atom stereocenters. The summed E-state index contributed by atoms with van der Waals surface area (Å²) in [5.41, 5.74) is -0.516. The molecular weight excluding hydrogens is 572 g/mol. The number of nitrogens with zero attached hydrogens (tertiary/aromatic N) is 3. The van der Waals surface area contributed by atoms with Gasteiger partial charge in [-0.3, -0.25) is 9.36 Å². The maximum absolute atomic E-state index is 13.5. The van der Waals surface area contributed by atoms with Crippen molar-refractivity contribution in [2.45, 2.75) is 30.3 Å². The summed E-state index contributed by atoms with van der Waals surface area (Å²) in [4.78, 5) is 33.4. The van der Waals surface area contributed by atoms with Crippen molar-refractivity contribution in [3.63, 3.8) is 0 Å². The fraction of sp³-hybridized carbons (Fsp3) is 0.231. The second kappa shape index (κ2) is 10.2. The van der Waals surface area contributed by atoms with E-state index in [0.717, 1.165) is 12.5 Å². The number of ketones is 1. The zero-order valence-corrected chi connectivity index (χ0v) is 21.1. The molecule has 0 radical (unpaired) electrons. The number of fused-ring (bicyclic) bond motifs is 1. The van der Waals surface area contributed by atoms with Crippen LogP contribution in [0.25, 0.3) is 10.9 Å². The lowest BCUT2D eigenvalue weighted by molar-refractivity contribution is -0.140. The van der Waals surface area contributed by atoms with Crippen molar-refractivity contribution in [3.05, 3.63) is 78.1 Å². The zero-order chi connectivity index (χ0) is 27.0. The van der Waals surface area contributed by atoms with Gasteiger partial charge in [0.1, 0.15) is 23.7 Å². The van der Waals surface area contributed by atoms with E-state index in [0.29, 0.717) is 53.2 Å². The summed E-state index contributed by atoms with van der Waals surface area (Å²) < 4.78 is 59.6.